The first-order valence-corrected chi connectivity index (χ1v) is 6.46. The van der Waals surface area contributed by atoms with E-state index in [-0.39, 0.29) is 12.5 Å². The standard InChI is InChI=1S/C10H15F3N2O2S/c1-15(2)9-14-5-3-6(16)7(4-10(11,12)13)17-8(5)18-9/h5-8,16H,3-4H2,1-2H3/t5-,6+,7?,8-/m1/s1. The lowest BCUT2D eigenvalue weighted by molar-refractivity contribution is -0.189. The Kier molecular flexibility index (Phi) is 3.80. The van der Waals surface area contributed by atoms with Crippen molar-refractivity contribution in [1.82, 2.24) is 4.90 Å². The highest BCUT2D eigenvalue weighted by atomic mass is 32.2. The smallest absolute Gasteiger partial charge is 0.390 e. The van der Waals surface area contributed by atoms with Crippen molar-refractivity contribution < 1.29 is 23.0 Å². The van der Waals surface area contributed by atoms with Crippen molar-refractivity contribution in [3.05, 3.63) is 0 Å². The van der Waals surface area contributed by atoms with Crippen LogP contribution in [-0.4, -0.2) is 59.1 Å². The van der Waals surface area contributed by atoms with Crippen LogP contribution >= 0.6 is 11.8 Å². The van der Waals surface area contributed by atoms with E-state index in [1.165, 1.54) is 11.8 Å². The molecule has 2 aliphatic rings. The van der Waals surface area contributed by atoms with Crippen molar-refractivity contribution in [3.63, 3.8) is 0 Å². The predicted octanol–water partition coefficient (Wildman–Crippen LogP) is 1.45. The molecule has 0 aromatic carbocycles. The highest BCUT2D eigenvalue weighted by molar-refractivity contribution is 8.14. The predicted molar refractivity (Wildman–Crippen MR) is 62.5 cm³/mol. The molecule has 4 nitrogen and oxygen atoms in total. The van der Waals surface area contributed by atoms with E-state index in [9.17, 15) is 18.3 Å². The fourth-order valence-corrected chi connectivity index (χ4v) is 3.14. The Balaban J connectivity index is 2.00. The summed E-state index contributed by atoms with van der Waals surface area (Å²) in [6.45, 7) is 0. The Labute approximate surface area is 107 Å². The Morgan fingerprint density at radius 2 is 2.17 bits per heavy atom. The number of fused-ring (bicyclic) bond motifs is 1. The van der Waals surface area contributed by atoms with E-state index in [0.29, 0.717) is 0 Å². The maximum absolute atomic E-state index is 12.3. The summed E-state index contributed by atoms with van der Waals surface area (Å²) in [5, 5.41) is 10.4. The van der Waals surface area contributed by atoms with Gasteiger partial charge in [0.1, 0.15) is 5.44 Å². The third-order valence-electron chi connectivity index (χ3n) is 2.85. The number of amidine groups is 1. The molecule has 104 valence electrons. The van der Waals surface area contributed by atoms with Gasteiger partial charge in [-0.1, -0.05) is 11.8 Å². The molecule has 0 amide bonds. The molecule has 1 N–H and O–H groups in total. The van der Waals surface area contributed by atoms with Gasteiger partial charge in [0, 0.05) is 20.5 Å². The molecular weight excluding hydrogens is 269 g/mol. The lowest BCUT2D eigenvalue weighted by Gasteiger charge is -2.34. The Morgan fingerprint density at radius 1 is 1.50 bits per heavy atom. The van der Waals surface area contributed by atoms with Gasteiger partial charge in [0.2, 0.25) is 0 Å². The molecule has 18 heavy (non-hydrogen) atoms. The molecule has 2 rings (SSSR count). The van der Waals surface area contributed by atoms with Gasteiger partial charge in [0.15, 0.2) is 5.17 Å². The molecule has 0 spiro atoms. The molecule has 1 unspecified atom stereocenters. The van der Waals surface area contributed by atoms with Crippen LogP contribution in [0, 0.1) is 0 Å². The van der Waals surface area contributed by atoms with Gasteiger partial charge in [-0.05, 0) is 0 Å². The van der Waals surface area contributed by atoms with E-state index >= 15 is 0 Å². The summed E-state index contributed by atoms with van der Waals surface area (Å²) in [5.74, 6) is 0. The van der Waals surface area contributed by atoms with Crippen LogP contribution < -0.4 is 0 Å². The van der Waals surface area contributed by atoms with Gasteiger partial charge in [0.05, 0.1) is 24.7 Å². The molecular formula is C10H15F3N2O2S. The highest BCUT2D eigenvalue weighted by Crippen LogP contribution is 2.39. The molecule has 8 heteroatoms. The van der Waals surface area contributed by atoms with Gasteiger partial charge < -0.3 is 14.7 Å². The number of aliphatic hydroxyl groups is 1. The van der Waals surface area contributed by atoms with Gasteiger partial charge in [-0.2, -0.15) is 13.2 Å². The van der Waals surface area contributed by atoms with Crippen molar-refractivity contribution >= 4 is 16.9 Å². The third-order valence-corrected chi connectivity index (χ3v) is 4.19. The summed E-state index contributed by atoms with van der Waals surface area (Å²) in [5.41, 5.74) is -0.418. The van der Waals surface area contributed by atoms with E-state index in [4.69, 9.17) is 4.74 Å². The molecule has 1 fully saturated rings. The van der Waals surface area contributed by atoms with Crippen LogP contribution in [0.1, 0.15) is 12.8 Å². The normalized spacial score (nSPS) is 36.2. The van der Waals surface area contributed by atoms with Gasteiger partial charge in [-0.15, -0.1) is 0 Å². The summed E-state index contributed by atoms with van der Waals surface area (Å²) >= 11 is 1.31. The second kappa shape index (κ2) is 4.90. The minimum Gasteiger partial charge on any atom is -0.390 e. The topological polar surface area (TPSA) is 45.1 Å². The summed E-state index contributed by atoms with van der Waals surface area (Å²) in [6.07, 6.45) is -7.52. The fourth-order valence-electron chi connectivity index (χ4n) is 1.99. The van der Waals surface area contributed by atoms with E-state index in [1.54, 1.807) is 4.90 Å². The van der Waals surface area contributed by atoms with Crippen LogP contribution in [0.3, 0.4) is 0 Å². The monoisotopic (exact) mass is 284 g/mol. The molecule has 2 heterocycles. The SMILES string of the molecule is CN(C)C1=N[C@@H]2C[C@H](O)C(CC(F)(F)F)O[C@@H]2S1. The van der Waals surface area contributed by atoms with E-state index in [2.05, 4.69) is 4.99 Å². The van der Waals surface area contributed by atoms with Crippen LogP contribution in [0.4, 0.5) is 13.2 Å². The summed E-state index contributed by atoms with van der Waals surface area (Å²) < 4.78 is 42.3. The number of hydrogen-bond donors (Lipinski definition) is 1. The number of thioether (sulfide) groups is 1. The Hall–Kier alpha value is -0.470. The second-order valence-electron chi connectivity index (χ2n) is 4.66. The zero-order valence-electron chi connectivity index (χ0n) is 10.0. The minimum atomic E-state index is -4.33. The van der Waals surface area contributed by atoms with E-state index in [0.717, 1.165) is 5.17 Å². The molecule has 1 saturated heterocycles. The van der Waals surface area contributed by atoms with Gasteiger partial charge in [0.25, 0.3) is 0 Å². The number of hydrogen-bond acceptors (Lipinski definition) is 5. The summed E-state index contributed by atoms with van der Waals surface area (Å²) in [4.78, 5) is 6.12. The average molecular weight is 284 g/mol. The third kappa shape index (κ3) is 3.10. The molecule has 0 aromatic heterocycles. The van der Waals surface area contributed by atoms with Crippen LogP contribution in [0.25, 0.3) is 0 Å². The van der Waals surface area contributed by atoms with Gasteiger partial charge in [-0.25, -0.2) is 0 Å². The molecule has 4 atom stereocenters. The highest BCUT2D eigenvalue weighted by Gasteiger charge is 2.45. The quantitative estimate of drug-likeness (QED) is 0.791. The lowest BCUT2D eigenvalue weighted by atomic mass is 9.99. The molecule has 0 aromatic rings. The Bertz CT molecular complexity index is 349. The first-order chi connectivity index (χ1) is 8.26. The maximum Gasteiger partial charge on any atom is 0.391 e. The first kappa shape index (κ1) is 14.0. The van der Waals surface area contributed by atoms with Crippen LogP contribution in [0.5, 0.6) is 0 Å². The van der Waals surface area contributed by atoms with E-state index < -0.39 is 30.2 Å². The van der Waals surface area contributed by atoms with Gasteiger partial charge >= 0.3 is 6.18 Å². The number of aliphatic imine (C=N–C) groups is 1. The number of ether oxygens (including phenoxy) is 1. The summed E-state index contributed by atoms with van der Waals surface area (Å²) in [6, 6.07) is -0.258. The van der Waals surface area contributed by atoms with Crippen LogP contribution in [-0.2, 0) is 4.74 Å². The van der Waals surface area contributed by atoms with Gasteiger partial charge in [-0.3, -0.25) is 4.99 Å². The van der Waals surface area contributed by atoms with E-state index in [1.807, 2.05) is 14.1 Å². The number of halogens is 3. The number of rotatable bonds is 1. The zero-order valence-corrected chi connectivity index (χ0v) is 10.8. The van der Waals surface area contributed by atoms with Crippen molar-refractivity contribution in [2.24, 2.45) is 4.99 Å². The lowest BCUT2D eigenvalue weighted by Crippen LogP contribution is -2.45. The molecule has 0 aliphatic carbocycles. The largest absolute Gasteiger partial charge is 0.391 e. The fraction of sp³-hybridized carbons (Fsp3) is 0.900. The second-order valence-corrected chi connectivity index (χ2v) is 5.72. The number of nitrogens with zero attached hydrogens (tertiary/aromatic N) is 2. The molecule has 0 bridgehead atoms. The zero-order chi connectivity index (χ0) is 13.5. The number of alkyl halides is 3. The summed E-state index contributed by atoms with van der Waals surface area (Å²) in [7, 11) is 3.62. The first-order valence-electron chi connectivity index (χ1n) is 5.58. The molecule has 2 aliphatic heterocycles. The number of aliphatic hydroxyl groups excluding tert-OH is 1. The molecule has 0 saturated carbocycles. The Morgan fingerprint density at radius 3 is 2.72 bits per heavy atom. The van der Waals surface area contributed by atoms with Crippen molar-refractivity contribution in [3.8, 4) is 0 Å². The van der Waals surface area contributed by atoms with Crippen LogP contribution in [0.15, 0.2) is 4.99 Å². The van der Waals surface area contributed by atoms with Crippen molar-refractivity contribution in [2.45, 2.75) is 42.7 Å². The molecule has 0 radical (unpaired) electrons. The van der Waals surface area contributed by atoms with Crippen molar-refractivity contribution in [1.29, 1.82) is 0 Å². The maximum atomic E-state index is 12.3. The minimum absolute atomic E-state index is 0.218. The average Bonchev–Trinajstić information content (AvgIpc) is 2.59. The van der Waals surface area contributed by atoms with Crippen LogP contribution in [0.2, 0.25) is 0 Å². The van der Waals surface area contributed by atoms with Crippen molar-refractivity contribution in [2.75, 3.05) is 14.1 Å².